The molecule has 3 aromatic heterocycles. The molecule has 2 N–H and O–H groups in total. The number of anilines is 1. The first-order chi connectivity index (χ1) is 17.1. The molecule has 0 amide bonds. The van der Waals surface area contributed by atoms with Gasteiger partial charge in [0.05, 0.1) is 12.2 Å². The molecule has 0 aliphatic heterocycles. The van der Waals surface area contributed by atoms with Crippen LogP contribution in [0.3, 0.4) is 0 Å². The number of nitrogens with zero attached hydrogens (tertiary/aromatic N) is 2. The highest BCUT2D eigenvalue weighted by atomic mass is 32.1. The van der Waals surface area contributed by atoms with E-state index in [0.717, 1.165) is 29.8 Å². The lowest BCUT2D eigenvalue weighted by Gasteiger charge is -2.16. The number of carbonyl (C=O) groups excluding carboxylic acids is 1. The second-order valence-electron chi connectivity index (χ2n) is 9.52. The predicted octanol–water partition coefficient (Wildman–Crippen LogP) is 8.75. The van der Waals surface area contributed by atoms with Gasteiger partial charge in [0.2, 0.25) is 0 Å². The van der Waals surface area contributed by atoms with Crippen molar-refractivity contribution in [2.24, 2.45) is 0 Å². The third-order valence-corrected chi connectivity index (χ3v) is 7.58. The molecule has 0 aromatic carbocycles. The van der Waals surface area contributed by atoms with Gasteiger partial charge in [0.1, 0.15) is 5.69 Å². The summed E-state index contributed by atoms with van der Waals surface area (Å²) in [4.78, 5) is 23.3. The van der Waals surface area contributed by atoms with Crippen LogP contribution in [0.2, 0.25) is 0 Å². The number of ketones is 1. The van der Waals surface area contributed by atoms with Gasteiger partial charge in [0.15, 0.2) is 16.7 Å². The first kappa shape index (κ1) is 27.1. The molecule has 0 aliphatic rings. The summed E-state index contributed by atoms with van der Waals surface area (Å²) in [6.45, 7) is 4.18. The van der Waals surface area contributed by atoms with Gasteiger partial charge in [-0.3, -0.25) is 9.78 Å². The Kier molecular flexibility index (Phi) is 11.5. The number of Topliss-reactive ketones (excluding diaryl/α,β-unsaturated/α-hetero) is 1. The summed E-state index contributed by atoms with van der Waals surface area (Å²) in [5.74, 6) is 0.483. The standard InChI is InChI=1S/C29H41N3O2S/c1-3-4-5-6-7-8-9-10-11-12-13-14-16-24(27(33)23-18-19-31-22(2)21-23)28-26(32-29(30)35-28)25-17-15-20-34-25/h15,17-21,24H,3-14,16H2,1-2H3,(H2,30,32). The van der Waals surface area contributed by atoms with Gasteiger partial charge in [-0.2, -0.15) is 0 Å². The van der Waals surface area contributed by atoms with E-state index in [4.69, 9.17) is 10.2 Å². The van der Waals surface area contributed by atoms with Crippen LogP contribution in [0, 0.1) is 6.92 Å². The fraction of sp³-hybridized carbons (Fsp3) is 0.552. The van der Waals surface area contributed by atoms with Crippen molar-refractivity contribution in [1.29, 1.82) is 0 Å². The molecule has 35 heavy (non-hydrogen) atoms. The monoisotopic (exact) mass is 495 g/mol. The van der Waals surface area contributed by atoms with Gasteiger partial charge in [-0.05, 0) is 37.6 Å². The number of unbranched alkanes of at least 4 members (excludes halogenated alkanes) is 11. The zero-order valence-electron chi connectivity index (χ0n) is 21.4. The third-order valence-electron chi connectivity index (χ3n) is 6.58. The molecule has 6 heteroatoms. The van der Waals surface area contributed by atoms with Crippen LogP contribution in [0.25, 0.3) is 11.5 Å². The van der Waals surface area contributed by atoms with Crippen molar-refractivity contribution in [3.8, 4) is 11.5 Å². The van der Waals surface area contributed by atoms with Crippen molar-refractivity contribution in [3.05, 3.63) is 52.9 Å². The number of aryl methyl sites for hydroxylation is 1. The third kappa shape index (κ3) is 8.60. The lowest BCUT2D eigenvalue weighted by molar-refractivity contribution is 0.0955. The topological polar surface area (TPSA) is 82.0 Å². The van der Waals surface area contributed by atoms with Crippen LogP contribution >= 0.6 is 11.3 Å². The number of nitrogens with two attached hydrogens (primary N) is 1. The Balaban J connectivity index is 1.56. The first-order valence-corrected chi connectivity index (χ1v) is 14.2. The van der Waals surface area contributed by atoms with E-state index < -0.39 is 0 Å². The Morgan fingerprint density at radius 2 is 1.66 bits per heavy atom. The number of carbonyl (C=O) groups is 1. The van der Waals surface area contributed by atoms with Crippen molar-refractivity contribution in [2.75, 3.05) is 5.73 Å². The lowest BCUT2D eigenvalue weighted by atomic mass is 9.89. The number of rotatable bonds is 17. The number of pyridine rings is 1. The van der Waals surface area contributed by atoms with E-state index in [0.29, 0.717) is 22.1 Å². The molecule has 3 heterocycles. The molecule has 0 aliphatic carbocycles. The van der Waals surface area contributed by atoms with Gasteiger partial charge in [0.25, 0.3) is 0 Å². The number of aromatic nitrogens is 2. The molecular weight excluding hydrogens is 454 g/mol. The minimum atomic E-state index is -0.283. The molecule has 3 rings (SSSR count). The van der Waals surface area contributed by atoms with Gasteiger partial charge in [-0.15, -0.1) is 11.3 Å². The van der Waals surface area contributed by atoms with E-state index in [9.17, 15) is 4.79 Å². The quantitative estimate of drug-likeness (QED) is 0.149. The molecule has 0 saturated carbocycles. The zero-order chi connectivity index (χ0) is 24.9. The lowest BCUT2D eigenvalue weighted by Crippen LogP contribution is -2.13. The van der Waals surface area contributed by atoms with Gasteiger partial charge in [-0.25, -0.2) is 4.98 Å². The summed E-state index contributed by atoms with van der Waals surface area (Å²) in [7, 11) is 0. The normalized spacial score (nSPS) is 12.2. The minimum Gasteiger partial charge on any atom is -0.463 e. The Morgan fingerprint density at radius 1 is 1.00 bits per heavy atom. The van der Waals surface area contributed by atoms with Crippen molar-refractivity contribution in [1.82, 2.24) is 9.97 Å². The second kappa shape index (κ2) is 14.8. The molecule has 0 spiro atoms. The van der Waals surface area contributed by atoms with Crippen LogP contribution < -0.4 is 5.73 Å². The van der Waals surface area contributed by atoms with Crippen molar-refractivity contribution < 1.29 is 9.21 Å². The Labute approximate surface area is 214 Å². The van der Waals surface area contributed by atoms with Crippen LogP contribution in [-0.2, 0) is 0 Å². The summed E-state index contributed by atoms with van der Waals surface area (Å²) in [5, 5.41) is 0.463. The highest BCUT2D eigenvalue weighted by molar-refractivity contribution is 7.16. The first-order valence-electron chi connectivity index (χ1n) is 13.4. The van der Waals surface area contributed by atoms with Crippen LogP contribution in [0.1, 0.15) is 117 Å². The van der Waals surface area contributed by atoms with E-state index in [1.54, 1.807) is 12.5 Å². The van der Waals surface area contributed by atoms with E-state index in [2.05, 4.69) is 16.9 Å². The number of hydrogen-bond acceptors (Lipinski definition) is 6. The zero-order valence-corrected chi connectivity index (χ0v) is 22.2. The SMILES string of the molecule is CCCCCCCCCCCCCCC(C(=O)c1ccnc(C)c1)c1sc(N)nc1-c1ccco1. The molecule has 1 atom stereocenters. The number of furan rings is 1. The average molecular weight is 496 g/mol. The van der Waals surface area contributed by atoms with Gasteiger partial charge in [-0.1, -0.05) is 84.0 Å². The Bertz CT molecular complexity index is 1010. The largest absolute Gasteiger partial charge is 0.463 e. The van der Waals surface area contributed by atoms with Gasteiger partial charge in [0, 0.05) is 22.3 Å². The summed E-state index contributed by atoms with van der Waals surface area (Å²) in [6, 6.07) is 7.39. The van der Waals surface area contributed by atoms with E-state index >= 15 is 0 Å². The van der Waals surface area contributed by atoms with Crippen LogP contribution in [0.5, 0.6) is 0 Å². The summed E-state index contributed by atoms with van der Waals surface area (Å²) in [5.41, 5.74) is 8.33. The second-order valence-corrected chi connectivity index (χ2v) is 10.6. The molecule has 0 fully saturated rings. The van der Waals surface area contributed by atoms with Gasteiger partial charge >= 0.3 is 0 Å². The van der Waals surface area contributed by atoms with Crippen LogP contribution in [-0.4, -0.2) is 15.8 Å². The highest BCUT2D eigenvalue weighted by Gasteiger charge is 2.29. The maximum absolute atomic E-state index is 13.6. The summed E-state index contributed by atoms with van der Waals surface area (Å²) < 4.78 is 5.61. The fourth-order valence-electron chi connectivity index (χ4n) is 4.65. The van der Waals surface area contributed by atoms with E-state index in [-0.39, 0.29) is 11.7 Å². The molecule has 190 valence electrons. The smallest absolute Gasteiger partial charge is 0.180 e. The average Bonchev–Trinajstić information content (AvgIpc) is 3.51. The highest BCUT2D eigenvalue weighted by Crippen LogP contribution is 2.39. The molecule has 5 nitrogen and oxygen atoms in total. The summed E-state index contributed by atoms with van der Waals surface area (Å²) >= 11 is 1.40. The van der Waals surface area contributed by atoms with Crippen LogP contribution in [0.4, 0.5) is 5.13 Å². The predicted molar refractivity (Wildman–Crippen MR) is 146 cm³/mol. The number of nitrogen functional groups attached to an aromatic ring is 1. The molecular formula is C29H41N3O2S. The van der Waals surface area contributed by atoms with E-state index in [1.807, 2.05) is 31.2 Å². The van der Waals surface area contributed by atoms with Crippen LogP contribution in [0.15, 0.2) is 41.1 Å². The Morgan fingerprint density at radius 3 is 2.26 bits per heavy atom. The molecule has 1 unspecified atom stereocenters. The van der Waals surface area contributed by atoms with Crippen molar-refractivity contribution in [2.45, 2.75) is 103 Å². The number of hydrogen-bond donors (Lipinski definition) is 1. The molecule has 0 bridgehead atoms. The Hall–Kier alpha value is -2.47. The van der Waals surface area contributed by atoms with Crippen molar-refractivity contribution >= 4 is 22.3 Å². The molecule has 0 saturated heterocycles. The number of thiazole rings is 1. The maximum Gasteiger partial charge on any atom is 0.180 e. The van der Waals surface area contributed by atoms with Crippen molar-refractivity contribution in [3.63, 3.8) is 0 Å². The minimum absolute atomic E-state index is 0.107. The van der Waals surface area contributed by atoms with E-state index in [1.165, 1.54) is 75.5 Å². The van der Waals surface area contributed by atoms with Gasteiger partial charge < -0.3 is 10.2 Å². The molecule has 0 radical (unpaired) electrons. The summed E-state index contributed by atoms with van der Waals surface area (Å²) in [6.07, 6.45) is 19.7. The maximum atomic E-state index is 13.6. The fourth-order valence-corrected chi connectivity index (χ4v) is 5.62. The molecule has 3 aromatic rings.